The van der Waals surface area contributed by atoms with Gasteiger partial charge in [-0.3, -0.25) is 9.78 Å². The number of anilines is 1. The first kappa shape index (κ1) is 13.7. The smallest absolute Gasteiger partial charge is 0.260 e. The lowest BCUT2D eigenvalue weighted by molar-refractivity contribution is 0.0994. The molecule has 0 radical (unpaired) electrons. The van der Waals surface area contributed by atoms with Crippen LogP contribution in [0.2, 0.25) is 0 Å². The summed E-state index contributed by atoms with van der Waals surface area (Å²) in [5.74, 6) is -0.108. The maximum absolute atomic E-state index is 12.7. The molecule has 0 spiro atoms. The largest absolute Gasteiger partial charge is 0.310 e. The van der Waals surface area contributed by atoms with Crippen molar-refractivity contribution in [3.8, 4) is 0 Å². The van der Waals surface area contributed by atoms with Gasteiger partial charge in [-0.1, -0.05) is 18.2 Å². The van der Waals surface area contributed by atoms with Crippen LogP contribution in [0.1, 0.15) is 10.4 Å². The number of carbonyl (C=O) groups excluding carboxylic acids is 1. The molecule has 0 saturated carbocycles. The summed E-state index contributed by atoms with van der Waals surface area (Å²) in [6, 6.07) is 13.1. The van der Waals surface area contributed by atoms with Gasteiger partial charge in [-0.15, -0.1) is 0 Å². The second-order valence-corrected chi connectivity index (χ2v) is 5.40. The zero-order chi connectivity index (χ0) is 14.8. The summed E-state index contributed by atoms with van der Waals surface area (Å²) >= 11 is 3.28. The van der Waals surface area contributed by atoms with E-state index < -0.39 is 0 Å². The minimum atomic E-state index is -0.108. The van der Waals surface area contributed by atoms with Gasteiger partial charge in [0, 0.05) is 18.6 Å². The van der Waals surface area contributed by atoms with Gasteiger partial charge in [-0.25, -0.2) is 4.98 Å². The van der Waals surface area contributed by atoms with Crippen molar-refractivity contribution in [3.63, 3.8) is 0 Å². The van der Waals surface area contributed by atoms with Gasteiger partial charge in [0.2, 0.25) is 0 Å². The number of pyridine rings is 2. The Bertz CT molecular complexity index is 797. The summed E-state index contributed by atoms with van der Waals surface area (Å²) < 4.78 is 0.735. The standard InChI is InChI=1S/C16H12BrN3O/c1-20(12-7-8-14(17)19-10-12)16(21)13-6-2-4-11-5-3-9-18-15(11)13/h2-10H,1H3. The van der Waals surface area contributed by atoms with Crippen LogP contribution in [0.5, 0.6) is 0 Å². The van der Waals surface area contributed by atoms with Gasteiger partial charge < -0.3 is 4.90 Å². The minimum absolute atomic E-state index is 0.108. The molecule has 1 aromatic carbocycles. The summed E-state index contributed by atoms with van der Waals surface area (Å²) in [6.07, 6.45) is 3.35. The van der Waals surface area contributed by atoms with Crippen molar-refractivity contribution < 1.29 is 4.79 Å². The molecule has 0 aliphatic carbocycles. The van der Waals surface area contributed by atoms with Crippen LogP contribution in [-0.2, 0) is 0 Å². The number of benzene rings is 1. The van der Waals surface area contributed by atoms with Gasteiger partial charge in [-0.05, 0) is 40.2 Å². The number of nitrogens with zero attached hydrogens (tertiary/aromatic N) is 3. The van der Waals surface area contributed by atoms with E-state index in [1.54, 1.807) is 36.5 Å². The maximum Gasteiger partial charge on any atom is 0.260 e. The lowest BCUT2D eigenvalue weighted by atomic mass is 10.1. The fourth-order valence-electron chi connectivity index (χ4n) is 2.14. The summed E-state index contributed by atoms with van der Waals surface area (Å²) in [6.45, 7) is 0. The lowest BCUT2D eigenvalue weighted by Gasteiger charge is -2.17. The predicted molar refractivity (Wildman–Crippen MR) is 86.4 cm³/mol. The fourth-order valence-corrected chi connectivity index (χ4v) is 2.38. The number of para-hydroxylation sites is 1. The maximum atomic E-state index is 12.7. The predicted octanol–water partition coefficient (Wildman–Crippen LogP) is 3.67. The summed E-state index contributed by atoms with van der Waals surface area (Å²) in [5.41, 5.74) is 2.02. The second kappa shape index (κ2) is 5.61. The summed E-state index contributed by atoms with van der Waals surface area (Å²) in [5, 5.41) is 0.950. The van der Waals surface area contributed by atoms with Crippen LogP contribution >= 0.6 is 15.9 Å². The van der Waals surface area contributed by atoms with E-state index in [2.05, 4.69) is 25.9 Å². The van der Waals surface area contributed by atoms with Crippen molar-refractivity contribution in [1.29, 1.82) is 0 Å². The molecule has 5 heteroatoms. The molecule has 2 aromatic heterocycles. The third-order valence-electron chi connectivity index (χ3n) is 3.27. The molecule has 21 heavy (non-hydrogen) atoms. The average molecular weight is 342 g/mol. The molecule has 0 N–H and O–H groups in total. The molecular weight excluding hydrogens is 330 g/mol. The van der Waals surface area contributed by atoms with E-state index in [0.29, 0.717) is 11.1 Å². The zero-order valence-electron chi connectivity index (χ0n) is 11.3. The number of hydrogen-bond donors (Lipinski definition) is 0. The average Bonchev–Trinajstić information content (AvgIpc) is 2.53. The van der Waals surface area contributed by atoms with E-state index in [0.717, 1.165) is 15.7 Å². The van der Waals surface area contributed by atoms with E-state index in [4.69, 9.17) is 0 Å². The van der Waals surface area contributed by atoms with Crippen LogP contribution in [-0.4, -0.2) is 22.9 Å². The number of amides is 1. The topological polar surface area (TPSA) is 46.1 Å². The van der Waals surface area contributed by atoms with E-state index in [1.165, 1.54) is 0 Å². The lowest BCUT2D eigenvalue weighted by Crippen LogP contribution is -2.26. The van der Waals surface area contributed by atoms with Gasteiger partial charge >= 0.3 is 0 Å². The van der Waals surface area contributed by atoms with Crippen molar-refractivity contribution in [3.05, 3.63) is 65.0 Å². The quantitative estimate of drug-likeness (QED) is 0.668. The molecule has 0 atom stereocenters. The molecule has 0 aliphatic rings. The van der Waals surface area contributed by atoms with Crippen molar-refractivity contribution in [2.24, 2.45) is 0 Å². The Kier molecular flexibility index (Phi) is 3.66. The highest BCUT2D eigenvalue weighted by atomic mass is 79.9. The Labute approximate surface area is 130 Å². The molecule has 1 amide bonds. The Morgan fingerprint density at radius 3 is 2.67 bits per heavy atom. The molecule has 4 nitrogen and oxygen atoms in total. The van der Waals surface area contributed by atoms with E-state index in [1.807, 2.05) is 30.3 Å². The molecule has 3 aromatic rings. The van der Waals surface area contributed by atoms with Crippen LogP contribution in [0.15, 0.2) is 59.5 Å². The number of halogens is 1. The highest BCUT2D eigenvalue weighted by Gasteiger charge is 2.16. The second-order valence-electron chi connectivity index (χ2n) is 4.58. The number of carbonyl (C=O) groups is 1. The van der Waals surface area contributed by atoms with Crippen molar-refractivity contribution in [2.45, 2.75) is 0 Å². The molecule has 0 bridgehead atoms. The highest BCUT2D eigenvalue weighted by molar-refractivity contribution is 9.10. The molecule has 0 aliphatic heterocycles. The van der Waals surface area contributed by atoms with Crippen molar-refractivity contribution in [2.75, 3.05) is 11.9 Å². The highest BCUT2D eigenvalue weighted by Crippen LogP contribution is 2.21. The van der Waals surface area contributed by atoms with E-state index >= 15 is 0 Å². The molecule has 104 valence electrons. The molecule has 0 unspecified atom stereocenters. The number of fused-ring (bicyclic) bond motifs is 1. The van der Waals surface area contributed by atoms with Crippen LogP contribution in [0, 0.1) is 0 Å². The van der Waals surface area contributed by atoms with Crippen LogP contribution in [0.4, 0.5) is 5.69 Å². The Balaban J connectivity index is 2.02. The normalized spacial score (nSPS) is 10.6. The van der Waals surface area contributed by atoms with Gasteiger partial charge in [0.1, 0.15) is 4.60 Å². The van der Waals surface area contributed by atoms with Crippen LogP contribution in [0.3, 0.4) is 0 Å². The Morgan fingerprint density at radius 2 is 1.90 bits per heavy atom. The zero-order valence-corrected chi connectivity index (χ0v) is 12.9. The summed E-state index contributed by atoms with van der Waals surface area (Å²) in [7, 11) is 1.73. The summed E-state index contributed by atoms with van der Waals surface area (Å²) in [4.78, 5) is 22.7. The SMILES string of the molecule is CN(C(=O)c1cccc2cccnc12)c1ccc(Br)nc1. The van der Waals surface area contributed by atoms with E-state index in [-0.39, 0.29) is 5.91 Å². The molecular formula is C16H12BrN3O. The fraction of sp³-hybridized carbons (Fsp3) is 0.0625. The van der Waals surface area contributed by atoms with Crippen molar-refractivity contribution in [1.82, 2.24) is 9.97 Å². The molecule has 2 heterocycles. The van der Waals surface area contributed by atoms with Gasteiger partial charge in [0.05, 0.1) is 23.0 Å². The van der Waals surface area contributed by atoms with Gasteiger partial charge in [0.25, 0.3) is 5.91 Å². The van der Waals surface area contributed by atoms with Gasteiger partial charge in [-0.2, -0.15) is 0 Å². The van der Waals surface area contributed by atoms with E-state index in [9.17, 15) is 4.79 Å². The Hall–Kier alpha value is -2.27. The van der Waals surface area contributed by atoms with Crippen LogP contribution < -0.4 is 4.90 Å². The number of hydrogen-bond acceptors (Lipinski definition) is 3. The first-order valence-electron chi connectivity index (χ1n) is 6.40. The number of aromatic nitrogens is 2. The molecule has 3 rings (SSSR count). The number of rotatable bonds is 2. The third-order valence-corrected chi connectivity index (χ3v) is 3.74. The Morgan fingerprint density at radius 1 is 1.10 bits per heavy atom. The first-order chi connectivity index (χ1) is 10.2. The first-order valence-corrected chi connectivity index (χ1v) is 7.19. The minimum Gasteiger partial charge on any atom is -0.310 e. The molecule has 0 fully saturated rings. The third kappa shape index (κ3) is 2.64. The molecule has 0 saturated heterocycles. The van der Waals surface area contributed by atoms with Crippen molar-refractivity contribution >= 4 is 38.4 Å². The van der Waals surface area contributed by atoms with Crippen LogP contribution in [0.25, 0.3) is 10.9 Å². The van der Waals surface area contributed by atoms with Gasteiger partial charge in [0.15, 0.2) is 0 Å². The monoisotopic (exact) mass is 341 g/mol.